The van der Waals surface area contributed by atoms with Crippen LogP contribution in [0.3, 0.4) is 0 Å². The highest BCUT2D eigenvalue weighted by molar-refractivity contribution is 6.61. The number of hydrogen-bond donors (Lipinski definition) is 0. The highest BCUT2D eigenvalue weighted by Gasteiger charge is 2.50. The fraction of sp³-hybridized carbons (Fsp3) is 0.750. The molecule has 35 valence electrons. The largest absolute Gasteiger partial charge is 0.466 e. The Hall–Kier alpha value is -0.465. The third-order valence-electron chi connectivity index (χ3n) is 0.969. The van der Waals surface area contributed by atoms with Crippen LogP contribution in [0.25, 0.3) is 0 Å². The molecule has 2 heterocycles. The molecule has 0 amide bonds. The minimum atomic E-state index is -2.33. The van der Waals surface area contributed by atoms with Crippen LogP contribution in [0.4, 0.5) is 0 Å². The molecule has 2 nitrogen and oxygen atoms in total. The van der Waals surface area contributed by atoms with E-state index in [0.29, 0.717) is 0 Å². The Balaban J connectivity index is 2.45. The molecular weight excluding hydrogens is 90.9 g/mol. The number of hydrogen-bond acceptors (Lipinski definition) is 2. The Labute approximate surface area is 47.7 Å². The van der Waals surface area contributed by atoms with E-state index in [1.165, 1.54) is 0 Å². The van der Waals surface area contributed by atoms with Gasteiger partial charge in [0.1, 0.15) is 7.28 Å². The van der Waals surface area contributed by atoms with Crippen molar-refractivity contribution in [3.8, 4) is 0 Å². The molecule has 0 saturated carbocycles. The van der Waals surface area contributed by atoms with Gasteiger partial charge in [-0.3, -0.25) is 4.79 Å². The maximum absolute atomic E-state index is 10.8. The summed E-state index contributed by atoms with van der Waals surface area (Å²) in [6.07, 6.45) is 0. The van der Waals surface area contributed by atoms with E-state index in [9.17, 15) is 4.79 Å². The van der Waals surface area contributed by atoms with Crippen molar-refractivity contribution >= 4 is 13.2 Å². The molecule has 2 saturated heterocycles. The summed E-state index contributed by atoms with van der Waals surface area (Å²) in [6, 6.07) is 0. The maximum Gasteiger partial charge on any atom is 0.300 e. The van der Waals surface area contributed by atoms with Crippen molar-refractivity contribution in [3.05, 3.63) is 0 Å². The normalized spacial score (nSPS) is 80.9. The topological polar surface area (TPSA) is 26.3 Å². The van der Waals surface area contributed by atoms with Crippen molar-refractivity contribution < 1.29 is 15.0 Å². The van der Waals surface area contributed by atoms with Crippen LogP contribution in [0, 0.1) is 0 Å². The molecule has 0 aromatic rings. The summed E-state index contributed by atoms with van der Waals surface area (Å²) in [4.78, 5) is 10.8. The second kappa shape index (κ2) is 0.856. The van der Waals surface area contributed by atoms with Crippen LogP contribution in [0.1, 0.15) is 5.48 Å². The summed E-state index contributed by atoms with van der Waals surface area (Å²) < 4.78 is 32.9. The average Bonchev–Trinajstić information content (AvgIpc) is 2.33. The number of cyclic esters (lactones) is 1. The second-order valence-electron chi connectivity index (χ2n) is 1.46. The zero-order valence-electron chi connectivity index (χ0n) is 7.39. The highest BCUT2D eigenvalue weighted by atomic mass is 16.5. The van der Waals surface area contributed by atoms with Crippen molar-refractivity contribution in [2.24, 2.45) is 0 Å². The van der Waals surface area contributed by atoms with E-state index in [1.807, 2.05) is 0 Å². The molecule has 0 aromatic heterocycles. The Kier molecular flexibility index (Phi) is 0.184. The molecule has 2 rings (SSSR count). The van der Waals surface area contributed by atoms with E-state index in [2.05, 4.69) is 4.74 Å². The quantitative estimate of drug-likeness (QED) is 0.311. The van der Waals surface area contributed by atoms with Crippen LogP contribution in [0.5, 0.6) is 0 Å². The predicted molar refractivity (Wildman–Crippen MR) is 24.2 cm³/mol. The summed E-state index contributed by atoms with van der Waals surface area (Å²) in [7, 11) is 1.05. The molecule has 7 heavy (non-hydrogen) atoms. The lowest BCUT2D eigenvalue weighted by molar-refractivity contribution is -0.137. The first-order valence-corrected chi connectivity index (χ1v) is 1.94. The summed E-state index contributed by atoms with van der Waals surface area (Å²) in [5.74, 6) is -4.49. The number of fused-ring (bicyclic) bond motifs is 1. The summed E-state index contributed by atoms with van der Waals surface area (Å²) in [6.45, 7) is -2.33. The lowest BCUT2D eigenvalue weighted by Crippen LogP contribution is -1.98. The fourth-order valence-corrected chi connectivity index (χ4v) is 0.518. The Morgan fingerprint density at radius 3 is 3.29 bits per heavy atom. The first-order valence-electron chi connectivity index (χ1n) is 3.94. The summed E-state index contributed by atoms with van der Waals surface area (Å²) in [5, 5.41) is 0. The van der Waals surface area contributed by atoms with Gasteiger partial charge in [-0.25, -0.2) is 0 Å². The number of rotatable bonds is 0. The summed E-state index contributed by atoms with van der Waals surface area (Å²) in [5.41, 5.74) is 0. The Bertz CT molecular complexity index is 256. The lowest BCUT2D eigenvalue weighted by atomic mass is 9.99. The van der Waals surface area contributed by atoms with Crippen LogP contribution in [-0.4, -0.2) is 19.8 Å². The predicted octanol–water partition coefficient (Wildman–Crippen LogP) is -0.162. The molecule has 0 bridgehead atoms. The van der Waals surface area contributed by atoms with Crippen molar-refractivity contribution in [1.82, 2.24) is 0 Å². The molecule has 3 heteroatoms. The van der Waals surface area contributed by atoms with Crippen molar-refractivity contribution in [3.63, 3.8) is 0 Å². The molecular formula is C4H4BO2. The Morgan fingerprint density at radius 2 is 3.14 bits per heavy atom. The third kappa shape index (κ3) is 0.327. The van der Waals surface area contributed by atoms with Gasteiger partial charge in [0.05, 0.1) is 9.30 Å². The molecule has 0 spiro atoms. The standard InChI is InChI=1S/C4H4BO2/c6-4-3-2(5-3)1-7-4/h2-3H,1H2/i1D2,2D,3D. The molecule has 0 aliphatic carbocycles. The molecule has 2 unspecified atom stereocenters. The van der Waals surface area contributed by atoms with Gasteiger partial charge >= 0.3 is 5.97 Å². The van der Waals surface area contributed by atoms with Crippen molar-refractivity contribution in [1.29, 1.82) is 0 Å². The van der Waals surface area contributed by atoms with Crippen molar-refractivity contribution in [2.45, 2.75) is 11.6 Å². The summed E-state index contributed by atoms with van der Waals surface area (Å²) >= 11 is 0. The van der Waals surface area contributed by atoms with Gasteiger partial charge in [-0.1, -0.05) is 0 Å². The highest BCUT2D eigenvalue weighted by Crippen LogP contribution is 2.47. The molecule has 2 atom stereocenters. The lowest BCUT2D eigenvalue weighted by Gasteiger charge is -1.89. The van der Waals surface area contributed by atoms with Crippen molar-refractivity contribution in [2.75, 3.05) is 6.56 Å². The first kappa shape index (κ1) is 1.50. The fourth-order valence-electron chi connectivity index (χ4n) is 0.518. The van der Waals surface area contributed by atoms with Crippen LogP contribution < -0.4 is 0 Å². The van der Waals surface area contributed by atoms with Gasteiger partial charge in [-0.2, -0.15) is 0 Å². The van der Waals surface area contributed by atoms with Crippen LogP contribution in [0.15, 0.2) is 0 Å². The van der Waals surface area contributed by atoms with Gasteiger partial charge in [0.15, 0.2) is 0 Å². The van der Waals surface area contributed by atoms with E-state index < -0.39 is 24.1 Å². The number of ether oxygens (including phenoxy) is 1. The van der Waals surface area contributed by atoms with Crippen LogP contribution >= 0.6 is 0 Å². The van der Waals surface area contributed by atoms with Gasteiger partial charge in [0, 0.05) is 8.53 Å². The minimum Gasteiger partial charge on any atom is -0.466 e. The average molecular weight is 98.9 g/mol. The maximum atomic E-state index is 10.8. The molecule has 2 fully saturated rings. The monoisotopic (exact) mass is 99.1 g/mol. The SMILES string of the molecule is [2H]C1([2H])OC(=O)C2([2H])[B]C12[2H]. The molecule has 0 aromatic carbocycles. The smallest absolute Gasteiger partial charge is 0.300 e. The number of carbonyl (C=O) groups excluding carboxylic acids is 1. The van der Waals surface area contributed by atoms with Gasteiger partial charge < -0.3 is 4.74 Å². The van der Waals surface area contributed by atoms with Crippen LogP contribution in [0.2, 0.25) is 11.6 Å². The van der Waals surface area contributed by atoms with E-state index in [0.717, 1.165) is 7.28 Å². The zero-order chi connectivity index (χ0) is 8.49. The second-order valence-corrected chi connectivity index (χ2v) is 1.46. The molecule has 2 aliphatic rings. The number of carbonyl (C=O) groups is 1. The molecule has 1 radical (unpaired) electrons. The minimum absolute atomic E-state index is 0.961. The van der Waals surface area contributed by atoms with Gasteiger partial charge in [0.2, 0.25) is 0 Å². The van der Waals surface area contributed by atoms with E-state index in [1.54, 1.807) is 0 Å². The number of esters is 1. The van der Waals surface area contributed by atoms with Gasteiger partial charge in [-0.15, -0.1) is 0 Å². The third-order valence-corrected chi connectivity index (χ3v) is 0.969. The van der Waals surface area contributed by atoms with Gasteiger partial charge in [-0.05, 0) is 5.79 Å². The molecule has 0 N–H and O–H groups in total. The van der Waals surface area contributed by atoms with Gasteiger partial charge in [0.25, 0.3) is 0 Å². The molecule has 2 aliphatic heterocycles. The van der Waals surface area contributed by atoms with E-state index in [4.69, 9.17) is 5.48 Å². The Morgan fingerprint density at radius 1 is 2.29 bits per heavy atom. The first-order chi connectivity index (χ1) is 4.83. The van der Waals surface area contributed by atoms with E-state index >= 15 is 0 Å². The van der Waals surface area contributed by atoms with E-state index in [-0.39, 0.29) is 0 Å². The van der Waals surface area contributed by atoms with Crippen LogP contribution in [-0.2, 0) is 9.53 Å². The zero-order valence-corrected chi connectivity index (χ0v) is 3.39.